The van der Waals surface area contributed by atoms with Gasteiger partial charge in [-0.05, 0) is 30.7 Å². The standard InChI is InChI=1S/C28H25N9O11S3/c1-10-2-17(37-16(30-10)5-35(34-37)28(46)47)49-7-13-8-50-24-19(23(41)36(24)20(13)26(44)45)32-22(40)18(14-9-51-27(29)31-14)33-48-6-12-3-11(25(42)43)4-15(38)21(12)39/h2-5,9,19,24,34,38-39H,6-8H2,1H3,(H2,29,31)(H,32,40)(H,42,43)(H,44,45)(H,46,47)/b33-18-/t19-,24-/m1/s1. The van der Waals surface area contributed by atoms with Gasteiger partial charge in [-0.1, -0.05) is 5.16 Å². The van der Waals surface area contributed by atoms with Gasteiger partial charge in [0.2, 0.25) is 0 Å². The number of aromatic hydroxyl groups is 2. The largest absolute Gasteiger partial charge is 0.504 e. The lowest BCUT2D eigenvalue weighted by Gasteiger charge is -2.49. The summed E-state index contributed by atoms with van der Waals surface area (Å²) < 4.78 is 0. The number of rotatable bonds is 11. The highest BCUT2D eigenvalue weighted by molar-refractivity contribution is 8.03. The number of nitrogen functional groups attached to an aromatic ring is 1. The Bertz CT molecular complexity index is 2040. The van der Waals surface area contributed by atoms with Crippen LogP contribution in [-0.4, -0.2) is 110 Å². The number of aliphatic carboxylic acids is 1. The number of β-lactam (4-membered cyclic amide) rings is 1. The highest BCUT2D eigenvalue weighted by Crippen LogP contribution is 2.42. The van der Waals surface area contributed by atoms with Crippen LogP contribution in [0, 0.1) is 0 Å². The van der Waals surface area contributed by atoms with Crippen LogP contribution >= 0.6 is 34.9 Å². The van der Waals surface area contributed by atoms with E-state index in [1.165, 1.54) is 40.1 Å². The average molecular weight is 760 g/mol. The number of anilines is 1. The van der Waals surface area contributed by atoms with E-state index in [0.29, 0.717) is 22.1 Å². The monoisotopic (exact) mass is 759 g/mol. The minimum atomic E-state index is -1.38. The van der Waals surface area contributed by atoms with Gasteiger partial charge in [0, 0.05) is 28.2 Å². The van der Waals surface area contributed by atoms with Crippen LogP contribution in [0.15, 0.2) is 62.1 Å². The molecule has 4 aliphatic rings. The third-order valence-corrected chi connectivity index (χ3v) is 10.5. The van der Waals surface area contributed by atoms with Gasteiger partial charge in [-0.15, -0.1) is 40.4 Å². The van der Waals surface area contributed by atoms with Crippen LogP contribution in [0.5, 0.6) is 11.5 Å². The minimum absolute atomic E-state index is 0.0269. The number of carbonyl (C=O) groups excluding carboxylic acids is 2. The molecule has 3 amide bonds. The van der Waals surface area contributed by atoms with E-state index in [0.717, 1.165) is 33.4 Å². The maximum atomic E-state index is 13.5. The number of thioether (sulfide) groups is 2. The van der Waals surface area contributed by atoms with Crippen molar-refractivity contribution in [1.29, 1.82) is 0 Å². The van der Waals surface area contributed by atoms with Crippen molar-refractivity contribution in [2.75, 3.05) is 17.2 Å². The van der Waals surface area contributed by atoms with Crippen LogP contribution in [-0.2, 0) is 25.8 Å². The maximum Gasteiger partial charge on any atom is 0.427 e. The molecule has 0 spiro atoms. The normalized spacial score (nSPS) is 19.8. The summed E-state index contributed by atoms with van der Waals surface area (Å²) in [7, 11) is 0. The first-order valence-corrected chi connectivity index (χ1v) is 17.3. The zero-order valence-corrected chi connectivity index (χ0v) is 28.3. The van der Waals surface area contributed by atoms with Crippen molar-refractivity contribution in [3.05, 3.63) is 68.7 Å². The number of benzene rings is 1. The molecule has 0 saturated carbocycles. The van der Waals surface area contributed by atoms with Gasteiger partial charge < -0.3 is 41.4 Å². The first-order chi connectivity index (χ1) is 24.2. The Morgan fingerprint density at radius 1 is 1.20 bits per heavy atom. The Hall–Kier alpha value is -5.78. The van der Waals surface area contributed by atoms with Gasteiger partial charge in [0.05, 0.1) is 16.8 Å². The Balaban J connectivity index is 1.16. The van der Waals surface area contributed by atoms with Gasteiger partial charge in [0.25, 0.3) is 11.8 Å². The van der Waals surface area contributed by atoms with Gasteiger partial charge in [-0.3, -0.25) is 14.5 Å². The first kappa shape index (κ1) is 35.1. The third kappa shape index (κ3) is 6.86. The molecular formula is C28H25N9O11S3. The number of nitrogens with one attached hydrogen (secondary N) is 2. The number of hydrogen-bond donors (Lipinski definition) is 8. The van der Waals surface area contributed by atoms with Gasteiger partial charge in [0.1, 0.15) is 29.4 Å². The number of carbonyl (C=O) groups is 5. The van der Waals surface area contributed by atoms with Crippen LogP contribution in [0.3, 0.4) is 0 Å². The molecule has 0 aliphatic carbocycles. The summed E-state index contributed by atoms with van der Waals surface area (Å²) >= 11 is 3.41. The molecule has 51 heavy (non-hydrogen) atoms. The fraction of sp³-hybridized carbons (Fsp3) is 0.214. The number of nitrogens with two attached hydrogens (primary N) is 1. The number of allylic oxidation sites excluding steroid dienone is 1. The molecule has 0 unspecified atom stereocenters. The summed E-state index contributed by atoms with van der Waals surface area (Å²) in [4.78, 5) is 76.8. The van der Waals surface area contributed by atoms with Crippen LogP contribution in [0.2, 0.25) is 0 Å². The molecular weight excluding hydrogens is 735 g/mol. The van der Waals surface area contributed by atoms with E-state index in [4.69, 9.17) is 10.6 Å². The van der Waals surface area contributed by atoms with E-state index in [1.807, 2.05) is 0 Å². The summed E-state index contributed by atoms with van der Waals surface area (Å²) in [5, 5.41) is 58.6. The number of hydrazine groups is 2. The second-order valence-electron chi connectivity index (χ2n) is 10.8. The number of hydrogen-bond acceptors (Lipinski definition) is 17. The van der Waals surface area contributed by atoms with Crippen molar-refractivity contribution in [2.45, 2.75) is 24.9 Å². The van der Waals surface area contributed by atoms with E-state index < -0.39 is 65.1 Å². The maximum absolute atomic E-state index is 13.5. The zero-order chi connectivity index (χ0) is 36.7. The molecule has 20 nitrogen and oxygen atoms in total. The molecule has 1 aromatic carbocycles. The van der Waals surface area contributed by atoms with Crippen LogP contribution in [0.1, 0.15) is 28.5 Å². The van der Waals surface area contributed by atoms with Crippen LogP contribution in [0.25, 0.3) is 0 Å². The molecule has 2 atom stereocenters. The van der Waals surface area contributed by atoms with Crippen molar-refractivity contribution in [3.63, 3.8) is 0 Å². The highest BCUT2D eigenvalue weighted by Gasteiger charge is 2.54. The smallest absolute Gasteiger partial charge is 0.427 e. The summed E-state index contributed by atoms with van der Waals surface area (Å²) in [6.07, 6.45) is 1.72. The van der Waals surface area contributed by atoms with Gasteiger partial charge >= 0.3 is 18.0 Å². The second-order valence-corrected chi connectivity index (χ2v) is 13.8. The van der Waals surface area contributed by atoms with E-state index in [9.17, 15) is 49.5 Å². The molecule has 1 fully saturated rings. The number of fused-ring (bicyclic) bond motifs is 2. The molecule has 4 aliphatic heterocycles. The number of carboxylic acid groups (broad SMARTS) is 3. The summed E-state index contributed by atoms with van der Waals surface area (Å²) in [6, 6.07) is 0.723. The van der Waals surface area contributed by atoms with Crippen molar-refractivity contribution in [1.82, 2.24) is 30.8 Å². The van der Waals surface area contributed by atoms with E-state index in [-0.39, 0.29) is 39.2 Å². The van der Waals surface area contributed by atoms with Gasteiger partial charge in [-0.25, -0.2) is 29.4 Å². The number of oxime groups is 1. The topological polar surface area (TPSA) is 293 Å². The number of thiazole rings is 1. The number of phenolic OH excluding ortho intramolecular Hbond substituents is 2. The van der Waals surface area contributed by atoms with Crippen molar-refractivity contribution < 1.29 is 54.3 Å². The quantitative estimate of drug-likeness (QED) is 0.0687. The van der Waals surface area contributed by atoms with Crippen molar-refractivity contribution in [2.24, 2.45) is 10.1 Å². The molecule has 6 rings (SSSR count). The average Bonchev–Trinajstić information content (AvgIpc) is 3.71. The SMILES string of the molecule is CC1=NC2=CN(C(=O)O)NN2C(SCC2=C(C(=O)O)N3C(=O)[C@@H](NC(=O)/C(=N\OCc4cc(C(=O)O)cc(O)c4O)c4csc(N)n4)[C@H]3SC2)=C1. The Labute approximate surface area is 298 Å². The molecule has 1 saturated heterocycles. The summed E-state index contributed by atoms with van der Waals surface area (Å²) in [5.41, 5.74) is 8.22. The van der Waals surface area contributed by atoms with Crippen LogP contribution in [0.4, 0.5) is 9.93 Å². The Morgan fingerprint density at radius 2 is 1.96 bits per heavy atom. The molecule has 0 bridgehead atoms. The molecule has 5 heterocycles. The Morgan fingerprint density at radius 3 is 2.63 bits per heavy atom. The zero-order valence-electron chi connectivity index (χ0n) is 25.8. The van der Waals surface area contributed by atoms with E-state index >= 15 is 0 Å². The minimum Gasteiger partial charge on any atom is -0.504 e. The lowest BCUT2D eigenvalue weighted by molar-refractivity contribution is -0.150. The highest BCUT2D eigenvalue weighted by atomic mass is 32.2. The number of amides is 3. The van der Waals surface area contributed by atoms with Crippen molar-refractivity contribution >= 4 is 81.3 Å². The lowest BCUT2D eigenvalue weighted by Crippen LogP contribution is -2.71. The van der Waals surface area contributed by atoms with Crippen LogP contribution < -0.4 is 16.6 Å². The molecule has 266 valence electrons. The van der Waals surface area contributed by atoms with Gasteiger partial charge in [0.15, 0.2) is 28.2 Å². The first-order valence-electron chi connectivity index (χ1n) is 14.3. The number of aromatic carboxylic acids is 1. The fourth-order valence-electron chi connectivity index (χ4n) is 5.11. The number of phenols is 2. The predicted molar refractivity (Wildman–Crippen MR) is 181 cm³/mol. The second kappa shape index (κ2) is 13.9. The number of aliphatic imine (C=N–C) groups is 1. The molecule has 2 aromatic rings. The summed E-state index contributed by atoms with van der Waals surface area (Å²) in [5.74, 6) is -5.10. The fourth-order valence-corrected chi connectivity index (χ4v) is 8.21. The number of aromatic nitrogens is 1. The molecule has 1 aromatic heterocycles. The molecule has 23 heteroatoms. The van der Waals surface area contributed by atoms with Crippen molar-refractivity contribution in [3.8, 4) is 11.5 Å². The van der Waals surface area contributed by atoms with E-state index in [2.05, 4.69) is 26.0 Å². The van der Waals surface area contributed by atoms with Gasteiger partial charge in [-0.2, -0.15) is 5.01 Å². The molecule has 0 radical (unpaired) electrons. The number of nitrogens with zero attached hydrogens (tertiary/aromatic N) is 6. The molecule has 9 N–H and O–H groups in total. The number of carboxylic acids is 2. The summed E-state index contributed by atoms with van der Waals surface area (Å²) in [6.45, 7) is 1.15. The Kier molecular flexibility index (Phi) is 9.52. The third-order valence-electron chi connectivity index (χ3n) is 7.43. The van der Waals surface area contributed by atoms with E-state index in [1.54, 1.807) is 13.0 Å². The predicted octanol–water partition coefficient (Wildman–Crippen LogP) is 1.06. The lowest BCUT2D eigenvalue weighted by atomic mass is 10.0.